The molecular formula is C27H31N5O4. The van der Waals surface area contributed by atoms with Crippen LogP contribution in [-0.4, -0.2) is 65.6 Å². The smallest absolute Gasteiger partial charge is 0.255 e. The number of carbonyl (C=O) groups is 4. The molecule has 9 nitrogen and oxygen atoms in total. The predicted molar refractivity (Wildman–Crippen MR) is 134 cm³/mol. The molecule has 36 heavy (non-hydrogen) atoms. The van der Waals surface area contributed by atoms with Crippen LogP contribution in [0.25, 0.3) is 0 Å². The molecule has 2 saturated heterocycles. The van der Waals surface area contributed by atoms with Gasteiger partial charge in [0.05, 0.1) is 0 Å². The zero-order valence-electron chi connectivity index (χ0n) is 20.4. The van der Waals surface area contributed by atoms with Gasteiger partial charge in [0.25, 0.3) is 11.8 Å². The van der Waals surface area contributed by atoms with Crippen molar-refractivity contribution in [1.82, 2.24) is 20.4 Å². The van der Waals surface area contributed by atoms with E-state index in [9.17, 15) is 19.2 Å². The Bertz CT molecular complexity index is 1200. The normalized spacial score (nSPS) is 20.8. The van der Waals surface area contributed by atoms with Crippen LogP contribution >= 0.6 is 0 Å². The van der Waals surface area contributed by atoms with E-state index in [1.54, 1.807) is 12.1 Å². The topological polar surface area (TPSA) is 111 Å². The highest BCUT2D eigenvalue weighted by molar-refractivity contribution is 6.05. The third-order valence-corrected chi connectivity index (χ3v) is 7.26. The highest BCUT2D eigenvalue weighted by Gasteiger charge is 2.39. The van der Waals surface area contributed by atoms with Gasteiger partial charge in [-0.05, 0) is 74.8 Å². The van der Waals surface area contributed by atoms with Crippen LogP contribution in [0.5, 0.6) is 0 Å². The number of piperidine rings is 2. The van der Waals surface area contributed by atoms with Crippen molar-refractivity contribution in [2.75, 3.05) is 25.5 Å². The number of imide groups is 1. The molecule has 9 heteroatoms. The van der Waals surface area contributed by atoms with Gasteiger partial charge in [0, 0.05) is 42.4 Å². The van der Waals surface area contributed by atoms with Gasteiger partial charge in [-0.15, -0.1) is 0 Å². The number of hydrogen-bond donors (Lipinski definition) is 3. The number of nitrogens with zero attached hydrogens (tertiary/aromatic N) is 2. The second-order valence-electron chi connectivity index (χ2n) is 9.88. The fraction of sp³-hybridized carbons (Fsp3) is 0.407. The van der Waals surface area contributed by atoms with Crippen LogP contribution in [0.4, 0.5) is 5.69 Å². The fourth-order valence-electron chi connectivity index (χ4n) is 5.16. The number of carbonyl (C=O) groups excluding carboxylic acids is 4. The maximum Gasteiger partial charge on any atom is 0.255 e. The number of anilines is 1. The van der Waals surface area contributed by atoms with Gasteiger partial charge < -0.3 is 20.4 Å². The van der Waals surface area contributed by atoms with Gasteiger partial charge in [0.15, 0.2) is 0 Å². The van der Waals surface area contributed by atoms with Crippen LogP contribution in [0, 0.1) is 0 Å². The van der Waals surface area contributed by atoms with Crippen molar-refractivity contribution >= 4 is 29.3 Å². The van der Waals surface area contributed by atoms with Gasteiger partial charge >= 0.3 is 0 Å². The lowest BCUT2D eigenvalue weighted by molar-refractivity contribution is -0.136. The number of rotatable bonds is 6. The number of fused-ring (bicyclic) bond motifs is 1. The van der Waals surface area contributed by atoms with Crippen molar-refractivity contribution in [3.05, 3.63) is 64.7 Å². The van der Waals surface area contributed by atoms with Gasteiger partial charge in [-0.25, -0.2) is 0 Å². The summed E-state index contributed by atoms with van der Waals surface area (Å²) >= 11 is 0. The molecule has 0 bridgehead atoms. The highest BCUT2D eigenvalue weighted by Crippen LogP contribution is 2.28. The first-order chi connectivity index (χ1) is 17.4. The van der Waals surface area contributed by atoms with Gasteiger partial charge in [-0.2, -0.15) is 0 Å². The van der Waals surface area contributed by atoms with Crippen LogP contribution in [0.2, 0.25) is 0 Å². The minimum atomic E-state index is -0.638. The standard InChI is InChI=1S/C27H31N5O4/c1-31-11-9-20(10-12-31)29-21-4-2-3-18(14-21)25(34)28-15-17-5-6-22-19(13-17)16-32(27(22)36)23-7-8-24(33)30-26(23)35/h2-6,13-14,20,23,29H,7-12,15-16H2,1H3,(H,28,34)(H,30,33,35). The molecule has 0 radical (unpaired) electrons. The summed E-state index contributed by atoms with van der Waals surface area (Å²) in [6, 6.07) is 12.8. The third kappa shape index (κ3) is 5.11. The molecule has 0 spiro atoms. The van der Waals surface area contributed by atoms with E-state index in [1.807, 2.05) is 30.3 Å². The number of hydrogen-bond acceptors (Lipinski definition) is 6. The molecular weight excluding hydrogens is 458 g/mol. The van der Waals surface area contributed by atoms with Crippen LogP contribution < -0.4 is 16.0 Å². The van der Waals surface area contributed by atoms with Gasteiger partial charge in [-0.1, -0.05) is 18.2 Å². The molecule has 0 aromatic heterocycles. The molecule has 2 aromatic rings. The molecule has 3 aliphatic heterocycles. The average Bonchev–Trinajstić information content (AvgIpc) is 3.19. The maximum absolute atomic E-state index is 12.9. The Morgan fingerprint density at radius 1 is 1.06 bits per heavy atom. The first-order valence-corrected chi connectivity index (χ1v) is 12.5. The van der Waals surface area contributed by atoms with E-state index >= 15 is 0 Å². The average molecular weight is 490 g/mol. The summed E-state index contributed by atoms with van der Waals surface area (Å²) < 4.78 is 0. The fourth-order valence-corrected chi connectivity index (χ4v) is 5.16. The maximum atomic E-state index is 12.9. The lowest BCUT2D eigenvalue weighted by Gasteiger charge is -2.30. The molecule has 0 saturated carbocycles. The van der Waals surface area contributed by atoms with Gasteiger partial charge in [0.1, 0.15) is 6.04 Å². The highest BCUT2D eigenvalue weighted by atomic mass is 16.2. The summed E-state index contributed by atoms with van der Waals surface area (Å²) in [5.74, 6) is -1.10. The van der Waals surface area contributed by atoms with Crippen LogP contribution in [0.3, 0.4) is 0 Å². The van der Waals surface area contributed by atoms with Crippen LogP contribution in [0.1, 0.15) is 57.5 Å². The zero-order valence-corrected chi connectivity index (χ0v) is 20.4. The molecule has 3 N–H and O–H groups in total. The Morgan fingerprint density at radius 2 is 1.86 bits per heavy atom. The SMILES string of the molecule is CN1CCC(Nc2cccc(C(=O)NCc3ccc4c(c3)CN(C3CCC(=O)NC3=O)C4=O)c2)CC1. The summed E-state index contributed by atoms with van der Waals surface area (Å²) in [4.78, 5) is 53.2. The van der Waals surface area contributed by atoms with Crippen molar-refractivity contribution < 1.29 is 19.2 Å². The third-order valence-electron chi connectivity index (χ3n) is 7.26. The van der Waals surface area contributed by atoms with Crippen molar-refractivity contribution in [3.63, 3.8) is 0 Å². The largest absolute Gasteiger partial charge is 0.382 e. The number of likely N-dealkylation sites (tertiary alicyclic amines) is 1. The van der Waals surface area contributed by atoms with Crippen molar-refractivity contribution in [2.24, 2.45) is 0 Å². The number of nitrogens with one attached hydrogen (secondary N) is 3. The molecule has 188 valence electrons. The predicted octanol–water partition coefficient (Wildman–Crippen LogP) is 1.88. The van der Waals surface area contributed by atoms with E-state index in [4.69, 9.17) is 0 Å². The summed E-state index contributed by atoms with van der Waals surface area (Å²) in [6.07, 6.45) is 2.71. The van der Waals surface area contributed by atoms with E-state index in [2.05, 4.69) is 27.9 Å². The molecule has 1 unspecified atom stereocenters. The Labute approximate surface area is 210 Å². The minimum Gasteiger partial charge on any atom is -0.382 e. The Kier molecular flexibility index (Phi) is 6.73. The number of benzene rings is 2. The molecule has 1 atom stereocenters. The first kappa shape index (κ1) is 24.0. The molecule has 2 aromatic carbocycles. The van der Waals surface area contributed by atoms with E-state index in [-0.39, 0.29) is 24.1 Å². The van der Waals surface area contributed by atoms with Crippen molar-refractivity contribution in [3.8, 4) is 0 Å². The Morgan fingerprint density at radius 3 is 2.64 bits per heavy atom. The first-order valence-electron chi connectivity index (χ1n) is 12.5. The summed E-state index contributed by atoms with van der Waals surface area (Å²) in [7, 11) is 2.13. The molecule has 3 heterocycles. The van der Waals surface area contributed by atoms with E-state index in [0.717, 1.165) is 42.7 Å². The molecule has 3 aliphatic rings. The Hall–Kier alpha value is -3.72. The minimum absolute atomic E-state index is 0.163. The van der Waals surface area contributed by atoms with Crippen molar-refractivity contribution in [1.29, 1.82) is 0 Å². The lowest BCUT2D eigenvalue weighted by atomic mass is 10.0. The van der Waals surface area contributed by atoms with Gasteiger partial charge in [0.2, 0.25) is 11.8 Å². The molecule has 2 fully saturated rings. The van der Waals surface area contributed by atoms with Crippen LogP contribution in [0.15, 0.2) is 42.5 Å². The monoisotopic (exact) mass is 489 g/mol. The number of amides is 4. The zero-order chi connectivity index (χ0) is 25.2. The lowest BCUT2D eigenvalue weighted by Crippen LogP contribution is -2.52. The molecule has 5 rings (SSSR count). The van der Waals surface area contributed by atoms with E-state index in [1.165, 1.54) is 4.90 Å². The Balaban J connectivity index is 1.19. The second-order valence-corrected chi connectivity index (χ2v) is 9.88. The van der Waals surface area contributed by atoms with Crippen LogP contribution in [-0.2, 0) is 22.7 Å². The quantitative estimate of drug-likeness (QED) is 0.535. The molecule has 0 aliphatic carbocycles. The van der Waals surface area contributed by atoms with Gasteiger partial charge in [-0.3, -0.25) is 24.5 Å². The summed E-state index contributed by atoms with van der Waals surface area (Å²) in [5.41, 5.74) is 3.79. The van der Waals surface area contributed by atoms with Crippen molar-refractivity contribution in [2.45, 2.75) is 50.9 Å². The molecule has 4 amide bonds. The van der Waals surface area contributed by atoms with E-state index in [0.29, 0.717) is 36.7 Å². The summed E-state index contributed by atoms with van der Waals surface area (Å²) in [6.45, 7) is 2.77. The second kappa shape index (κ2) is 10.1. The summed E-state index contributed by atoms with van der Waals surface area (Å²) in [5, 5.41) is 8.83. The van der Waals surface area contributed by atoms with E-state index < -0.39 is 11.9 Å².